The molecule has 0 saturated carbocycles. The van der Waals surface area contributed by atoms with Crippen molar-refractivity contribution >= 4 is 17.8 Å². The van der Waals surface area contributed by atoms with Crippen molar-refractivity contribution in [3.05, 3.63) is 66.5 Å². The maximum Gasteiger partial charge on any atom is 0.329 e. The number of hydrogen-bond acceptors (Lipinski definition) is 12. The van der Waals surface area contributed by atoms with Crippen LogP contribution in [0.5, 0.6) is 34.5 Å². The zero-order valence-electron chi connectivity index (χ0n) is 26.3. The molecule has 2 heterocycles. The van der Waals surface area contributed by atoms with E-state index in [-0.39, 0.29) is 23.6 Å². The van der Waals surface area contributed by atoms with Gasteiger partial charge in [-0.1, -0.05) is 0 Å². The number of nitrogens with one attached hydrogen (secondary N) is 1. The van der Waals surface area contributed by atoms with Crippen LogP contribution in [0.15, 0.2) is 60.8 Å². The number of carbonyl (C=O) groups is 3. The number of rotatable bonds is 12. The third-order valence-electron chi connectivity index (χ3n) is 7.15. The summed E-state index contributed by atoms with van der Waals surface area (Å²) in [7, 11) is 4.55. The average Bonchev–Trinajstić information content (AvgIpc) is 3.10. The molecule has 1 aliphatic heterocycles. The fourth-order valence-corrected chi connectivity index (χ4v) is 4.80. The zero-order chi connectivity index (χ0) is 33.1. The van der Waals surface area contributed by atoms with E-state index >= 15 is 0 Å². The number of esters is 2. The van der Waals surface area contributed by atoms with Gasteiger partial charge in [0.25, 0.3) is 5.91 Å². The lowest BCUT2D eigenvalue weighted by Gasteiger charge is -2.32. The van der Waals surface area contributed by atoms with Gasteiger partial charge in [0, 0.05) is 19.2 Å². The van der Waals surface area contributed by atoms with E-state index in [9.17, 15) is 14.4 Å². The van der Waals surface area contributed by atoms with Crippen LogP contribution in [0.3, 0.4) is 0 Å². The molecule has 1 aromatic heterocycles. The minimum absolute atomic E-state index is 0.0468. The number of hydrogen-bond donors (Lipinski definition) is 1. The number of pyridine rings is 1. The molecule has 4 rings (SSSR count). The number of aromatic nitrogens is 1. The van der Waals surface area contributed by atoms with Crippen molar-refractivity contribution in [1.82, 2.24) is 10.3 Å². The van der Waals surface area contributed by atoms with Gasteiger partial charge in [-0.15, -0.1) is 0 Å². The second-order valence-electron chi connectivity index (χ2n) is 10.3. The van der Waals surface area contributed by atoms with E-state index in [2.05, 4.69) is 10.3 Å². The highest BCUT2D eigenvalue weighted by Gasteiger charge is 2.37. The molecule has 4 atom stereocenters. The third kappa shape index (κ3) is 8.93. The fourth-order valence-electron chi connectivity index (χ4n) is 4.80. The van der Waals surface area contributed by atoms with Gasteiger partial charge in [0.05, 0.1) is 21.3 Å². The van der Waals surface area contributed by atoms with E-state index in [4.69, 9.17) is 37.9 Å². The Morgan fingerprint density at radius 2 is 1.48 bits per heavy atom. The Bertz CT molecular complexity index is 1460. The van der Waals surface area contributed by atoms with Crippen LogP contribution >= 0.6 is 0 Å². The Hall–Kier alpha value is -5.20. The summed E-state index contributed by atoms with van der Waals surface area (Å²) in [6.07, 6.45) is 0.504. The first-order valence-corrected chi connectivity index (χ1v) is 14.6. The summed E-state index contributed by atoms with van der Waals surface area (Å²) in [4.78, 5) is 42.2. The van der Waals surface area contributed by atoms with Gasteiger partial charge < -0.3 is 43.2 Å². The summed E-state index contributed by atoms with van der Waals surface area (Å²) in [6, 6.07) is 14.7. The molecule has 4 unspecified atom stereocenters. The minimum Gasteiger partial charge on any atom is -0.497 e. The standard InChI is InChI=1S/C33H38N2O11/c1-20-30(46-25-15-11-23(40-4)12-16-25)28(45-24-13-9-22(39-3)10-14-24)8-6-7-26(33(38)44-20)35-32(37)29-31(43-19-42-21(2)36)27(41-5)17-18-34-29/h9-18,20,26,28,30H,6-8,19H2,1-5H3,(H,35,37). The highest BCUT2D eigenvalue weighted by molar-refractivity contribution is 5.98. The number of cyclic esters (lactones) is 1. The molecular weight excluding hydrogens is 600 g/mol. The second-order valence-corrected chi connectivity index (χ2v) is 10.3. The van der Waals surface area contributed by atoms with Crippen LogP contribution in [0.1, 0.15) is 43.6 Å². The number of nitrogens with zero attached hydrogens (tertiary/aromatic N) is 1. The summed E-state index contributed by atoms with van der Waals surface area (Å²) in [6.45, 7) is 2.47. The summed E-state index contributed by atoms with van der Waals surface area (Å²) >= 11 is 0. The maximum atomic E-state index is 13.5. The molecule has 0 spiro atoms. The predicted molar refractivity (Wildman–Crippen MR) is 164 cm³/mol. The van der Waals surface area contributed by atoms with Gasteiger partial charge >= 0.3 is 11.9 Å². The molecule has 0 radical (unpaired) electrons. The normalized spacial score (nSPS) is 19.6. The van der Waals surface area contributed by atoms with Crippen molar-refractivity contribution in [2.24, 2.45) is 0 Å². The second kappa shape index (κ2) is 16.2. The first-order valence-electron chi connectivity index (χ1n) is 14.6. The first-order chi connectivity index (χ1) is 22.2. The summed E-state index contributed by atoms with van der Waals surface area (Å²) in [5, 5.41) is 2.72. The topological polar surface area (TPSA) is 150 Å². The smallest absolute Gasteiger partial charge is 0.329 e. The average molecular weight is 639 g/mol. The first kappa shape index (κ1) is 33.7. The molecule has 46 heavy (non-hydrogen) atoms. The largest absolute Gasteiger partial charge is 0.497 e. The van der Waals surface area contributed by atoms with Gasteiger partial charge in [-0.3, -0.25) is 9.59 Å². The van der Waals surface area contributed by atoms with Crippen LogP contribution < -0.4 is 33.7 Å². The molecule has 2 aromatic carbocycles. The molecule has 0 bridgehead atoms. The quantitative estimate of drug-likeness (QED) is 0.225. The third-order valence-corrected chi connectivity index (χ3v) is 7.15. The van der Waals surface area contributed by atoms with Crippen LogP contribution in [-0.2, 0) is 19.1 Å². The van der Waals surface area contributed by atoms with E-state index in [0.717, 1.165) is 0 Å². The number of carbonyl (C=O) groups excluding carboxylic acids is 3. The number of amides is 1. The number of ether oxygens (including phenoxy) is 8. The molecule has 1 N–H and O–H groups in total. The van der Waals surface area contributed by atoms with Crippen LogP contribution in [0.4, 0.5) is 0 Å². The molecule has 1 saturated heterocycles. The van der Waals surface area contributed by atoms with E-state index in [0.29, 0.717) is 35.8 Å². The molecule has 1 amide bonds. The number of benzene rings is 2. The van der Waals surface area contributed by atoms with Gasteiger partial charge in [-0.25, -0.2) is 9.78 Å². The van der Waals surface area contributed by atoms with Gasteiger partial charge in [0.15, 0.2) is 23.3 Å². The molecule has 13 heteroatoms. The summed E-state index contributed by atoms with van der Waals surface area (Å²) < 4.78 is 44.8. The Morgan fingerprint density at radius 1 is 0.870 bits per heavy atom. The molecule has 3 aromatic rings. The lowest BCUT2D eigenvalue weighted by Crippen LogP contribution is -2.47. The predicted octanol–water partition coefficient (Wildman–Crippen LogP) is 4.12. The van der Waals surface area contributed by atoms with Crippen molar-refractivity contribution in [2.75, 3.05) is 28.1 Å². The Kier molecular flexibility index (Phi) is 11.9. The fraction of sp³-hybridized carbons (Fsp3) is 0.394. The molecule has 1 fully saturated rings. The minimum atomic E-state index is -1.02. The van der Waals surface area contributed by atoms with Crippen LogP contribution in [-0.4, -0.2) is 75.3 Å². The van der Waals surface area contributed by atoms with Crippen molar-refractivity contribution in [1.29, 1.82) is 0 Å². The van der Waals surface area contributed by atoms with E-state index in [1.54, 1.807) is 69.7 Å². The van der Waals surface area contributed by atoms with Crippen LogP contribution in [0.25, 0.3) is 0 Å². The molecule has 1 aliphatic rings. The summed E-state index contributed by atoms with van der Waals surface area (Å²) in [5.41, 5.74) is -0.159. The van der Waals surface area contributed by atoms with Crippen LogP contribution in [0, 0.1) is 0 Å². The lowest BCUT2D eigenvalue weighted by molar-refractivity contribution is -0.157. The number of methoxy groups -OCH3 is 3. The molecule has 246 valence electrons. The van der Waals surface area contributed by atoms with Crippen molar-refractivity contribution in [2.45, 2.75) is 57.5 Å². The highest BCUT2D eigenvalue weighted by Crippen LogP contribution is 2.31. The molecule has 13 nitrogen and oxygen atoms in total. The highest BCUT2D eigenvalue weighted by atomic mass is 16.7. The Labute approximate surface area is 267 Å². The Balaban J connectivity index is 1.56. The lowest BCUT2D eigenvalue weighted by atomic mass is 10.0. The van der Waals surface area contributed by atoms with E-state index < -0.39 is 49.0 Å². The van der Waals surface area contributed by atoms with Gasteiger partial charge in [-0.2, -0.15) is 0 Å². The molecular formula is C33H38N2O11. The van der Waals surface area contributed by atoms with Crippen LogP contribution in [0.2, 0.25) is 0 Å². The SMILES string of the molecule is COc1ccc(OC2CCCC(NC(=O)c3nccc(OC)c3OCOC(C)=O)C(=O)OC(C)C2Oc2ccc(OC)cc2)cc1. The zero-order valence-corrected chi connectivity index (χ0v) is 26.3. The van der Waals surface area contributed by atoms with Gasteiger partial charge in [-0.05, 0) is 74.7 Å². The van der Waals surface area contributed by atoms with E-state index in [1.165, 1.54) is 26.3 Å². The van der Waals surface area contributed by atoms with E-state index in [1.807, 2.05) is 0 Å². The van der Waals surface area contributed by atoms with Crippen molar-refractivity contribution < 1.29 is 52.3 Å². The Morgan fingerprint density at radius 3 is 2.07 bits per heavy atom. The molecule has 0 aliphatic carbocycles. The van der Waals surface area contributed by atoms with Gasteiger partial charge in [0.1, 0.15) is 41.2 Å². The summed E-state index contributed by atoms with van der Waals surface area (Å²) in [5.74, 6) is 0.677. The monoisotopic (exact) mass is 638 g/mol. The van der Waals surface area contributed by atoms with Gasteiger partial charge in [0.2, 0.25) is 6.79 Å². The van der Waals surface area contributed by atoms with Crippen molar-refractivity contribution in [3.63, 3.8) is 0 Å². The maximum absolute atomic E-state index is 13.5. The van der Waals surface area contributed by atoms with Crippen molar-refractivity contribution in [3.8, 4) is 34.5 Å².